The summed E-state index contributed by atoms with van der Waals surface area (Å²) in [6, 6.07) is 0. The highest BCUT2D eigenvalue weighted by molar-refractivity contribution is 5.82. The third-order valence-electron chi connectivity index (χ3n) is 4.90. The zero-order valence-electron chi connectivity index (χ0n) is 16.6. The third-order valence-corrected chi connectivity index (χ3v) is 4.90. The number of hydrogen-bond donors (Lipinski definition) is 4. The molecular weight excluding hydrogens is 396 g/mol. The summed E-state index contributed by atoms with van der Waals surface area (Å²) in [4.78, 5) is 40.0. The van der Waals surface area contributed by atoms with Gasteiger partial charge in [0.2, 0.25) is 0 Å². The number of hydrogen-bond acceptors (Lipinski definition) is 9. The highest BCUT2D eigenvalue weighted by Gasteiger charge is 2.60. The summed E-state index contributed by atoms with van der Waals surface area (Å²) >= 11 is 0. The van der Waals surface area contributed by atoms with Crippen LogP contribution in [0.5, 0.6) is 0 Å². The van der Waals surface area contributed by atoms with E-state index in [9.17, 15) is 24.6 Å². The van der Waals surface area contributed by atoms with Crippen LogP contribution in [0.3, 0.4) is 0 Å². The van der Waals surface area contributed by atoms with Gasteiger partial charge in [-0.3, -0.25) is 14.2 Å². The molecule has 1 aliphatic rings. The molecule has 11 nitrogen and oxygen atoms in total. The predicted molar refractivity (Wildman–Crippen MR) is 105 cm³/mol. The predicted octanol–water partition coefficient (Wildman–Crippen LogP) is -1.42. The molecular formula is C19H26N4O7. The van der Waals surface area contributed by atoms with Crippen molar-refractivity contribution < 1.29 is 29.3 Å². The van der Waals surface area contributed by atoms with Crippen LogP contribution >= 0.6 is 0 Å². The number of amides is 1. The van der Waals surface area contributed by atoms with Gasteiger partial charge >= 0.3 is 11.7 Å². The second-order valence-corrected chi connectivity index (χ2v) is 6.98. The number of aliphatic hydroxyl groups is 2. The van der Waals surface area contributed by atoms with Crippen LogP contribution in [0.4, 0.5) is 5.82 Å². The van der Waals surface area contributed by atoms with Crippen LogP contribution in [0, 0.1) is 12.3 Å². The van der Waals surface area contributed by atoms with Crippen molar-refractivity contribution in [3.8, 4) is 12.3 Å². The number of aliphatic hydroxyl groups excluding tert-OH is 2. The smallest absolute Gasteiger partial charge is 0.352 e. The molecule has 0 unspecified atom stereocenters. The average Bonchev–Trinajstić information content (AvgIpc) is 2.96. The first kappa shape index (κ1) is 23.3. The maximum absolute atomic E-state index is 12.3. The maximum atomic E-state index is 12.3. The molecule has 1 saturated heterocycles. The molecule has 4 atom stereocenters. The number of ether oxygens (including phenoxy) is 2. The van der Waals surface area contributed by atoms with Gasteiger partial charge in [-0.15, -0.1) is 6.42 Å². The number of esters is 1. The second-order valence-electron chi connectivity index (χ2n) is 6.98. The first-order valence-corrected chi connectivity index (χ1v) is 9.54. The molecule has 2 rings (SSSR count). The Hall–Kier alpha value is -2.94. The number of rotatable bonds is 9. The number of primary amides is 1. The van der Waals surface area contributed by atoms with Gasteiger partial charge in [0.15, 0.2) is 0 Å². The number of aromatic nitrogens is 2. The Morgan fingerprint density at radius 2 is 2.10 bits per heavy atom. The van der Waals surface area contributed by atoms with E-state index < -0.39 is 48.2 Å². The minimum atomic E-state index is -2.51. The Bertz CT molecular complexity index is 894. The van der Waals surface area contributed by atoms with Crippen LogP contribution in [0.15, 0.2) is 11.0 Å². The van der Waals surface area contributed by atoms with Crippen molar-refractivity contribution in [1.82, 2.24) is 9.55 Å². The lowest BCUT2D eigenvalue weighted by Crippen LogP contribution is -2.58. The maximum Gasteiger partial charge on any atom is 0.352 e. The van der Waals surface area contributed by atoms with E-state index in [1.54, 1.807) is 0 Å². The summed E-state index contributed by atoms with van der Waals surface area (Å²) in [6.07, 6.45) is 5.02. The number of terminal acetylenes is 1. The van der Waals surface area contributed by atoms with Gasteiger partial charge in [0, 0.05) is 12.6 Å². The van der Waals surface area contributed by atoms with Gasteiger partial charge in [-0.2, -0.15) is 4.98 Å². The van der Waals surface area contributed by atoms with Gasteiger partial charge in [-0.1, -0.05) is 32.1 Å². The fourth-order valence-corrected chi connectivity index (χ4v) is 3.22. The quantitative estimate of drug-likeness (QED) is 0.211. The van der Waals surface area contributed by atoms with Gasteiger partial charge in [0.25, 0.3) is 11.6 Å². The zero-order chi connectivity index (χ0) is 22.5. The number of nitrogens with two attached hydrogens (primary N) is 2. The SMILES string of the molecule is C#Cc1cn([C@]2(C(N)=O)O[C@H](COC(=O)CCCCCC)[C@@H](O)[C@H]2O)c(=O)nc1N. The van der Waals surface area contributed by atoms with Crippen LogP contribution in [-0.2, 0) is 24.8 Å². The lowest BCUT2D eigenvalue weighted by Gasteiger charge is -2.30. The van der Waals surface area contributed by atoms with Crippen LogP contribution in [0.1, 0.15) is 44.6 Å². The van der Waals surface area contributed by atoms with Crippen molar-refractivity contribution >= 4 is 17.7 Å². The van der Waals surface area contributed by atoms with Crippen LogP contribution in [0.25, 0.3) is 0 Å². The number of anilines is 1. The number of carbonyl (C=O) groups excluding carboxylic acids is 2. The molecule has 30 heavy (non-hydrogen) atoms. The first-order valence-electron chi connectivity index (χ1n) is 9.54. The molecule has 0 radical (unpaired) electrons. The number of nitrogens with zero attached hydrogens (tertiary/aromatic N) is 2. The van der Waals surface area contributed by atoms with Crippen LogP contribution in [-0.4, -0.2) is 56.6 Å². The molecule has 0 bridgehead atoms. The van der Waals surface area contributed by atoms with E-state index in [0.29, 0.717) is 11.0 Å². The van der Waals surface area contributed by atoms with Gasteiger partial charge in [0.1, 0.15) is 30.7 Å². The molecule has 1 fully saturated rings. The minimum absolute atomic E-state index is 0.0533. The van der Waals surface area contributed by atoms with E-state index in [-0.39, 0.29) is 17.8 Å². The number of nitrogen functional groups attached to an aromatic ring is 1. The van der Waals surface area contributed by atoms with Gasteiger partial charge in [-0.05, 0) is 6.42 Å². The van der Waals surface area contributed by atoms with E-state index >= 15 is 0 Å². The molecule has 2 heterocycles. The van der Waals surface area contributed by atoms with E-state index in [2.05, 4.69) is 10.9 Å². The molecule has 1 amide bonds. The Balaban J connectivity index is 2.23. The van der Waals surface area contributed by atoms with E-state index in [1.165, 1.54) is 0 Å². The lowest BCUT2D eigenvalue weighted by atomic mass is 10.0. The summed E-state index contributed by atoms with van der Waals surface area (Å²) in [5, 5.41) is 20.9. The Labute approximate surface area is 173 Å². The summed E-state index contributed by atoms with van der Waals surface area (Å²) in [7, 11) is 0. The topological polar surface area (TPSA) is 180 Å². The van der Waals surface area contributed by atoms with Crippen LogP contribution < -0.4 is 17.2 Å². The highest BCUT2D eigenvalue weighted by atomic mass is 16.6. The van der Waals surface area contributed by atoms with Crippen molar-refractivity contribution in [3.05, 3.63) is 22.2 Å². The summed E-state index contributed by atoms with van der Waals surface area (Å²) in [5.41, 5.74) is 7.32. The van der Waals surface area contributed by atoms with Crippen molar-refractivity contribution in [2.24, 2.45) is 5.73 Å². The van der Waals surface area contributed by atoms with Crippen LogP contribution in [0.2, 0.25) is 0 Å². The number of unbranched alkanes of at least 4 members (excludes halogenated alkanes) is 3. The summed E-state index contributed by atoms with van der Waals surface area (Å²) < 4.78 is 11.2. The Kier molecular flexibility index (Phi) is 7.55. The molecule has 1 aromatic heterocycles. The molecule has 6 N–H and O–H groups in total. The van der Waals surface area contributed by atoms with Crippen molar-refractivity contribution in [1.29, 1.82) is 0 Å². The molecule has 1 aliphatic heterocycles. The van der Waals surface area contributed by atoms with Gasteiger partial charge in [0.05, 0.1) is 5.56 Å². The largest absolute Gasteiger partial charge is 0.463 e. The molecule has 0 saturated carbocycles. The molecule has 0 aliphatic carbocycles. The average molecular weight is 422 g/mol. The van der Waals surface area contributed by atoms with Crippen molar-refractivity contribution in [3.63, 3.8) is 0 Å². The highest BCUT2D eigenvalue weighted by Crippen LogP contribution is 2.35. The molecule has 0 aromatic carbocycles. The minimum Gasteiger partial charge on any atom is -0.463 e. The lowest BCUT2D eigenvalue weighted by molar-refractivity contribution is -0.178. The fraction of sp³-hybridized carbons (Fsp3) is 0.579. The summed E-state index contributed by atoms with van der Waals surface area (Å²) in [5.74, 6) is 0.118. The van der Waals surface area contributed by atoms with E-state index in [0.717, 1.165) is 25.5 Å². The third kappa shape index (κ3) is 4.46. The normalized spacial score (nSPS) is 25.6. The Morgan fingerprint density at radius 1 is 1.40 bits per heavy atom. The molecule has 1 aromatic rings. The van der Waals surface area contributed by atoms with Gasteiger partial charge < -0.3 is 31.2 Å². The molecule has 0 spiro atoms. The Morgan fingerprint density at radius 3 is 2.70 bits per heavy atom. The number of carbonyl (C=O) groups is 2. The molecule has 164 valence electrons. The second kappa shape index (κ2) is 9.71. The molecule has 11 heteroatoms. The first-order chi connectivity index (χ1) is 14.2. The van der Waals surface area contributed by atoms with Crippen molar-refractivity contribution in [2.45, 2.75) is 63.1 Å². The fourth-order valence-electron chi connectivity index (χ4n) is 3.22. The standard InChI is InChI=1S/C19H26N4O7/c1-3-5-6-7-8-13(24)29-10-12-14(25)15(26)19(30-12,17(21)27)23-9-11(4-2)16(20)22-18(23)28/h2,9,12,14-15,25-26H,3,5-8,10H2,1H3,(H2,21,27)(H2,20,22,28)/t12-,14-,15-,19+/m1/s1. The summed E-state index contributed by atoms with van der Waals surface area (Å²) in [6.45, 7) is 1.58. The van der Waals surface area contributed by atoms with E-state index in [1.807, 2.05) is 6.92 Å². The van der Waals surface area contributed by atoms with E-state index in [4.69, 9.17) is 27.4 Å². The monoisotopic (exact) mass is 422 g/mol. The van der Waals surface area contributed by atoms with Crippen molar-refractivity contribution in [2.75, 3.05) is 12.3 Å². The van der Waals surface area contributed by atoms with Gasteiger partial charge in [-0.25, -0.2) is 4.79 Å². The zero-order valence-corrected chi connectivity index (χ0v) is 16.6.